The smallest absolute Gasteiger partial charge is 0.264 e. The third-order valence-corrected chi connectivity index (χ3v) is 6.87. The van der Waals surface area contributed by atoms with E-state index in [1.807, 2.05) is 36.7 Å². The van der Waals surface area contributed by atoms with Crippen LogP contribution in [0.1, 0.15) is 74.8 Å². The lowest BCUT2D eigenvalue weighted by atomic mass is 10.1. The van der Waals surface area contributed by atoms with Crippen LogP contribution in [0.15, 0.2) is 53.3 Å². The van der Waals surface area contributed by atoms with Gasteiger partial charge >= 0.3 is 0 Å². The van der Waals surface area contributed by atoms with E-state index in [0.29, 0.717) is 43.2 Å². The second kappa shape index (κ2) is 10.9. The second-order valence-electron chi connectivity index (χ2n) is 9.95. The highest BCUT2D eigenvalue weighted by molar-refractivity contribution is 6.05. The largest absolute Gasteiger partial charge is 0.336 e. The number of aromatic nitrogens is 4. The molecule has 0 unspecified atom stereocenters. The number of aryl methyl sites for hydroxylation is 1. The molecule has 3 aromatic rings. The third kappa shape index (κ3) is 6.09. The summed E-state index contributed by atoms with van der Waals surface area (Å²) in [5.74, 6) is 1.67. The molecule has 0 radical (unpaired) electrons. The minimum absolute atomic E-state index is 0.00170. The molecule has 0 spiro atoms. The van der Waals surface area contributed by atoms with Crippen molar-refractivity contribution in [3.63, 3.8) is 0 Å². The summed E-state index contributed by atoms with van der Waals surface area (Å²) in [5, 5.41) is 3.88. The van der Waals surface area contributed by atoms with E-state index in [1.165, 1.54) is 0 Å². The molecule has 194 valence electrons. The Balaban J connectivity index is 1.22. The van der Waals surface area contributed by atoms with E-state index < -0.39 is 12.3 Å². The van der Waals surface area contributed by atoms with Crippen LogP contribution in [0.25, 0.3) is 11.1 Å². The van der Waals surface area contributed by atoms with Gasteiger partial charge in [0.2, 0.25) is 0 Å². The van der Waals surface area contributed by atoms with Gasteiger partial charge in [0.25, 0.3) is 11.8 Å². The number of nitrogens with zero attached hydrogens (tertiary/aromatic N) is 5. The van der Waals surface area contributed by atoms with Crippen LogP contribution in [-0.2, 0) is 16.9 Å². The monoisotopic (exact) mass is 507 g/mol. The van der Waals surface area contributed by atoms with E-state index in [4.69, 9.17) is 4.52 Å². The van der Waals surface area contributed by atoms with Crippen molar-refractivity contribution in [2.24, 2.45) is 0 Å². The number of hydrogen-bond acceptors (Lipinski definition) is 6. The van der Waals surface area contributed by atoms with Crippen molar-refractivity contribution in [1.82, 2.24) is 20.1 Å². The molecule has 0 bridgehead atoms. The molecular weight excluding hydrogens is 476 g/mol. The number of rotatable bonds is 13. The highest BCUT2D eigenvalue weighted by atomic mass is 19.1. The lowest BCUT2D eigenvalue weighted by Crippen LogP contribution is -2.33. The summed E-state index contributed by atoms with van der Waals surface area (Å²) in [6.45, 7) is 3.63. The fourth-order valence-electron chi connectivity index (χ4n) is 4.24. The van der Waals surface area contributed by atoms with Gasteiger partial charge in [0, 0.05) is 54.5 Å². The molecule has 37 heavy (non-hydrogen) atoms. The Kier molecular flexibility index (Phi) is 7.39. The summed E-state index contributed by atoms with van der Waals surface area (Å²) in [6, 6.07) is 7.65. The molecule has 0 aliphatic heterocycles. The molecule has 2 aliphatic carbocycles. The molecule has 1 amide bonds. The van der Waals surface area contributed by atoms with Gasteiger partial charge in [-0.25, -0.2) is 14.4 Å². The van der Waals surface area contributed by atoms with Crippen molar-refractivity contribution < 1.29 is 18.1 Å². The summed E-state index contributed by atoms with van der Waals surface area (Å²) in [5.41, 5.74) is 1.32. The van der Waals surface area contributed by atoms with Crippen LogP contribution < -0.4 is 4.90 Å². The molecular formula is C28H31F2N5O2. The van der Waals surface area contributed by atoms with Crippen molar-refractivity contribution in [2.45, 2.75) is 69.4 Å². The Morgan fingerprint density at radius 1 is 1.14 bits per heavy atom. The van der Waals surface area contributed by atoms with Gasteiger partial charge in [-0.2, -0.15) is 4.98 Å². The number of amides is 1. The zero-order valence-corrected chi connectivity index (χ0v) is 20.8. The first-order chi connectivity index (χ1) is 18.0. The number of hydrogen-bond donors (Lipinski definition) is 0. The van der Waals surface area contributed by atoms with Crippen LogP contribution in [-0.4, -0.2) is 39.2 Å². The molecule has 2 heterocycles. The maximum Gasteiger partial charge on any atom is 0.264 e. The van der Waals surface area contributed by atoms with E-state index in [1.54, 1.807) is 4.90 Å². The molecule has 9 heteroatoms. The summed E-state index contributed by atoms with van der Waals surface area (Å²) < 4.78 is 32.1. The number of alkyl halides is 2. The lowest BCUT2D eigenvalue weighted by Gasteiger charge is -2.24. The zero-order valence-electron chi connectivity index (χ0n) is 20.8. The first kappa shape index (κ1) is 25.2. The summed E-state index contributed by atoms with van der Waals surface area (Å²) in [7, 11) is 0. The second-order valence-corrected chi connectivity index (χ2v) is 9.95. The fraction of sp³-hybridized carbons (Fsp3) is 0.464. The molecule has 5 rings (SSSR count). The van der Waals surface area contributed by atoms with Crippen LogP contribution in [0.2, 0.25) is 0 Å². The van der Waals surface area contributed by atoms with Gasteiger partial charge in [0.15, 0.2) is 11.5 Å². The van der Waals surface area contributed by atoms with Crippen LogP contribution in [0.5, 0.6) is 0 Å². The van der Waals surface area contributed by atoms with Gasteiger partial charge in [0.05, 0.1) is 6.67 Å². The van der Waals surface area contributed by atoms with Gasteiger partial charge in [-0.3, -0.25) is 9.18 Å². The Bertz CT molecular complexity index is 1250. The van der Waals surface area contributed by atoms with Gasteiger partial charge in [-0.05, 0) is 56.2 Å². The quantitative estimate of drug-likeness (QED) is 0.208. The Morgan fingerprint density at radius 2 is 1.92 bits per heavy atom. The number of halogens is 2. The van der Waals surface area contributed by atoms with Gasteiger partial charge in [-0.1, -0.05) is 30.3 Å². The third-order valence-electron chi connectivity index (χ3n) is 6.87. The molecule has 2 fully saturated rings. The highest BCUT2D eigenvalue weighted by Crippen LogP contribution is 2.48. The van der Waals surface area contributed by atoms with E-state index in [-0.39, 0.29) is 23.8 Å². The molecule has 1 aromatic carbocycles. The SMILES string of the molecule is C=C(CCF)C(=O)N(CCCCCc1noc(C2(F)CC2)n1)c1cccc(-c2cnc(C3CC3)nc2)c1. The lowest BCUT2D eigenvalue weighted by molar-refractivity contribution is -0.115. The van der Waals surface area contributed by atoms with Crippen LogP contribution in [0.3, 0.4) is 0 Å². The molecule has 2 saturated carbocycles. The number of benzene rings is 1. The van der Waals surface area contributed by atoms with Crippen molar-refractivity contribution >= 4 is 11.6 Å². The van der Waals surface area contributed by atoms with Crippen LogP contribution in [0.4, 0.5) is 14.5 Å². The molecule has 0 saturated heterocycles. The summed E-state index contributed by atoms with van der Waals surface area (Å²) in [4.78, 5) is 28.0. The predicted octanol–water partition coefficient (Wildman–Crippen LogP) is 6.02. The van der Waals surface area contributed by atoms with Crippen molar-refractivity contribution in [3.05, 3.63) is 66.4 Å². The Labute approximate surface area is 215 Å². The Morgan fingerprint density at radius 3 is 2.62 bits per heavy atom. The molecule has 2 aromatic heterocycles. The number of anilines is 1. The zero-order chi connectivity index (χ0) is 25.8. The first-order valence-corrected chi connectivity index (χ1v) is 13.0. The van der Waals surface area contributed by atoms with Crippen molar-refractivity contribution in [2.75, 3.05) is 18.1 Å². The highest BCUT2D eigenvalue weighted by Gasteiger charge is 2.50. The standard InChI is InChI=1S/C28H31F2N5O2/c1-19(11-14-29)26(36)35(15-4-2-3-8-24-33-27(37-34-24)28(30)12-13-28)23-7-5-6-21(16-23)22-17-31-25(32-18-22)20-9-10-20/h5-7,16-18,20H,1-4,8-15H2. The topological polar surface area (TPSA) is 85.0 Å². The van der Waals surface area contributed by atoms with Gasteiger partial charge in [0.1, 0.15) is 5.82 Å². The van der Waals surface area contributed by atoms with Crippen LogP contribution >= 0.6 is 0 Å². The van der Waals surface area contributed by atoms with E-state index in [0.717, 1.165) is 49.1 Å². The minimum atomic E-state index is -1.42. The van der Waals surface area contributed by atoms with E-state index in [9.17, 15) is 13.6 Å². The molecule has 0 N–H and O–H groups in total. The molecule has 0 atom stereocenters. The maximum atomic E-state index is 14.1. The summed E-state index contributed by atoms with van der Waals surface area (Å²) in [6.07, 6.45) is 9.68. The van der Waals surface area contributed by atoms with E-state index in [2.05, 4.69) is 26.7 Å². The normalized spacial score (nSPS) is 15.9. The van der Waals surface area contributed by atoms with Gasteiger partial charge < -0.3 is 9.42 Å². The number of unbranched alkanes of at least 4 members (excludes halogenated alkanes) is 2. The minimum Gasteiger partial charge on any atom is -0.336 e. The average Bonchev–Trinajstić information content (AvgIpc) is 3.85. The van der Waals surface area contributed by atoms with Gasteiger partial charge in [-0.15, -0.1) is 0 Å². The average molecular weight is 508 g/mol. The van der Waals surface area contributed by atoms with Crippen LogP contribution in [0, 0.1) is 0 Å². The Hall–Kier alpha value is -3.49. The first-order valence-electron chi connectivity index (χ1n) is 13.0. The maximum absolute atomic E-state index is 14.1. The fourth-order valence-corrected chi connectivity index (χ4v) is 4.24. The number of carbonyl (C=O) groups is 1. The van der Waals surface area contributed by atoms with Crippen molar-refractivity contribution in [1.29, 1.82) is 0 Å². The summed E-state index contributed by atoms with van der Waals surface area (Å²) >= 11 is 0. The predicted molar refractivity (Wildman–Crippen MR) is 135 cm³/mol. The molecule has 2 aliphatic rings. The molecule has 7 nitrogen and oxygen atoms in total. The van der Waals surface area contributed by atoms with Crippen molar-refractivity contribution in [3.8, 4) is 11.1 Å². The number of carbonyl (C=O) groups excluding carboxylic acids is 1. The van der Waals surface area contributed by atoms with E-state index >= 15 is 0 Å².